The van der Waals surface area contributed by atoms with Crippen LogP contribution in [0.1, 0.15) is 28.0 Å². The van der Waals surface area contributed by atoms with E-state index in [1.807, 2.05) is 19.1 Å². The molecule has 0 saturated heterocycles. The van der Waals surface area contributed by atoms with Gasteiger partial charge in [-0.3, -0.25) is 4.79 Å². The van der Waals surface area contributed by atoms with Gasteiger partial charge < -0.3 is 9.64 Å². The summed E-state index contributed by atoms with van der Waals surface area (Å²) in [5.41, 5.74) is 3.81. The van der Waals surface area contributed by atoms with E-state index in [1.54, 1.807) is 29.5 Å². The van der Waals surface area contributed by atoms with E-state index in [4.69, 9.17) is 4.74 Å². The fourth-order valence-electron chi connectivity index (χ4n) is 3.13. The molecule has 31 heavy (non-hydrogen) atoms. The van der Waals surface area contributed by atoms with E-state index in [0.717, 1.165) is 22.4 Å². The fraction of sp³-hybridized carbons (Fsp3) is 0.304. The number of sulfone groups is 1. The molecular weight excluding hydrogens is 432 g/mol. The van der Waals surface area contributed by atoms with E-state index in [2.05, 4.69) is 18.0 Å². The molecule has 8 heteroatoms. The fourth-order valence-corrected chi connectivity index (χ4v) is 4.67. The van der Waals surface area contributed by atoms with Crippen LogP contribution in [-0.4, -0.2) is 50.7 Å². The number of ether oxygens (including phenoxy) is 1. The average molecular weight is 459 g/mol. The van der Waals surface area contributed by atoms with Gasteiger partial charge in [0.05, 0.1) is 11.5 Å². The van der Waals surface area contributed by atoms with Gasteiger partial charge in [0, 0.05) is 30.8 Å². The molecule has 0 spiro atoms. The van der Waals surface area contributed by atoms with E-state index in [1.165, 1.54) is 29.0 Å². The first-order chi connectivity index (χ1) is 14.6. The van der Waals surface area contributed by atoms with E-state index in [-0.39, 0.29) is 10.8 Å². The second kappa shape index (κ2) is 9.62. The van der Waals surface area contributed by atoms with Crippen molar-refractivity contribution in [2.75, 3.05) is 26.5 Å². The number of rotatable bonds is 8. The SMILES string of the molecule is Cc1ccc(-c2nc(C(=O)N(C)CCCOc3cccc(S(C)(=O)=O)c3)cs2)c(C)c1. The lowest BCUT2D eigenvalue weighted by atomic mass is 10.1. The highest BCUT2D eigenvalue weighted by molar-refractivity contribution is 7.90. The molecule has 0 unspecified atom stereocenters. The van der Waals surface area contributed by atoms with Crippen molar-refractivity contribution < 1.29 is 17.9 Å². The molecule has 0 bridgehead atoms. The lowest BCUT2D eigenvalue weighted by molar-refractivity contribution is 0.0783. The van der Waals surface area contributed by atoms with Crippen LogP contribution >= 0.6 is 11.3 Å². The second-order valence-electron chi connectivity index (χ2n) is 7.53. The summed E-state index contributed by atoms with van der Waals surface area (Å²) in [5.74, 6) is 0.362. The molecule has 2 aromatic carbocycles. The van der Waals surface area contributed by atoms with E-state index >= 15 is 0 Å². The lowest BCUT2D eigenvalue weighted by Gasteiger charge is -2.16. The third kappa shape index (κ3) is 5.92. The zero-order valence-electron chi connectivity index (χ0n) is 18.1. The number of hydrogen-bond donors (Lipinski definition) is 0. The van der Waals surface area contributed by atoms with Gasteiger partial charge in [-0.1, -0.05) is 29.8 Å². The van der Waals surface area contributed by atoms with Gasteiger partial charge in [0.2, 0.25) is 0 Å². The van der Waals surface area contributed by atoms with Gasteiger partial charge in [-0.25, -0.2) is 13.4 Å². The van der Waals surface area contributed by atoms with Gasteiger partial charge >= 0.3 is 0 Å². The minimum atomic E-state index is -3.27. The molecule has 0 radical (unpaired) electrons. The van der Waals surface area contributed by atoms with Crippen molar-refractivity contribution >= 4 is 27.1 Å². The minimum Gasteiger partial charge on any atom is -0.493 e. The minimum absolute atomic E-state index is 0.133. The van der Waals surface area contributed by atoms with Gasteiger partial charge in [-0.15, -0.1) is 11.3 Å². The van der Waals surface area contributed by atoms with E-state index in [9.17, 15) is 13.2 Å². The summed E-state index contributed by atoms with van der Waals surface area (Å²) >= 11 is 1.46. The van der Waals surface area contributed by atoms with Gasteiger partial charge in [0.25, 0.3) is 5.91 Å². The van der Waals surface area contributed by atoms with Crippen LogP contribution < -0.4 is 4.74 Å². The Morgan fingerprint density at radius 1 is 1.16 bits per heavy atom. The first kappa shape index (κ1) is 23.0. The molecule has 3 rings (SSSR count). The summed E-state index contributed by atoms with van der Waals surface area (Å²) in [6.45, 7) is 4.97. The number of carbonyl (C=O) groups excluding carboxylic acids is 1. The van der Waals surface area contributed by atoms with Crippen LogP contribution in [0.4, 0.5) is 0 Å². The summed E-state index contributed by atoms with van der Waals surface area (Å²) in [4.78, 5) is 19.1. The van der Waals surface area contributed by atoms with Crippen molar-refractivity contribution in [2.24, 2.45) is 0 Å². The van der Waals surface area contributed by atoms with Crippen LogP contribution in [0.3, 0.4) is 0 Å². The van der Waals surface area contributed by atoms with Gasteiger partial charge in [0.15, 0.2) is 9.84 Å². The molecule has 164 valence electrons. The topological polar surface area (TPSA) is 76.6 Å². The highest BCUT2D eigenvalue weighted by Gasteiger charge is 2.17. The Labute approximate surface area is 187 Å². The number of hydrogen-bond acceptors (Lipinski definition) is 6. The quantitative estimate of drug-likeness (QED) is 0.469. The predicted octanol–water partition coefficient (Wildman–Crippen LogP) is 4.37. The summed E-state index contributed by atoms with van der Waals surface area (Å²) in [7, 11) is -1.53. The molecule has 1 heterocycles. The zero-order valence-corrected chi connectivity index (χ0v) is 19.7. The molecule has 0 saturated carbocycles. The summed E-state index contributed by atoms with van der Waals surface area (Å²) in [6, 6.07) is 12.6. The number of benzene rings is 2. The third-order valence-corrected chi connectivity index (χ3v) is 6.81. The van der Waals surface area contributed by atoms with Crippen molar-refractivity contribution in [1.29, 1.82) is 0 Å². The summed E-state index contributed by atoms with van der Waals surface area (Å²) in [6.07, 6.45) is 1.77. The number of amides is 1. The number of aryl methyl sites for hydroxylation is 2. The zero-order chi connectivity index (χ0) is 22.6. The van der Waals surface area contributed by atoms with Crippen molar-refractivity contribution in [3.63, 3.8) is 0 Å². The predicted molar refractivity (Wildman–Crippen MR) is 124 cm³/mol. The van der Waals surface area contributed by atoms with Crippen molar-refractivity contribution in [2.45, 2.75) is 25.2 Å². The van der Waals surface area contributed by atoms with E-state index < -0.39 is 9.84 Å². The largest absolute Gasteiger partial charge is 0.493 e. The normalized spacial score (nSPS) is 11.4. The maximum atomic E-state index is 12.7. The van der Waals surface area contributed by atoms with Crippen LogP contribution in [0, 0.1) is 13.8 Å². The Balaban J connectivity index is 1.54. The second-order valence-corrected chi connectivity index (χ2v) is 10.4. The Bertz CT molecular complexity index is 1190. The van der Waals surface area contributed by atoms with Crippen LogP contribution in [-0.2, 0) is 9.84 Å². The monoisotopic (exact) mass is 458 g/mol. The Hall–Kier alpha value is -2.71. The van der Waals surface area contributed by atoms with Crippen LogP contribution in [0.15, 0.2) is 52.7 Å². The van der Waals surface area contributed by atoms with Gasteiger partial charge in [-0.2, -0.15) is 0 Å². The van der Waals surface area contributed by atoms with Gasteiger partial charge in [0.1, 0.15) is 16.5 Å². The number of nitrogens with zero attached hydrogens (tertiary/aromatic N) is 2. The number of thiazole rings is 1. The molecule has 0 aliphatic carbocycles. The molecular formula is C23H26N2O4S2. The highest BCUT2D eigenvalue weighted by atomic mass is 32.2. The third-order valence-electron chi connectivity index (χ3n) is 4.82. The summed E-state index contributed by atoms with van der Waals surface area (Å²) in [5, 5.41) is 2.63. The Morgan fingerprint density at radius 3 is 2.65 bits per heavy atom. The van der Waals surface area contributed by atoms with Gasteiger partial charge in [-0.05, 0) is 44.0 Å². The molecule has 0 fully saturated rings. The summed E-state index contributed by atoms with van der Waals surface area (Å²) < 4.78 is 28.9. The molecule has 0 N–H and O–H groups in total. The van der Waals surface area contributed by atoms with Crippen LogP contribution in [0.5, 0.6) is 5.75 Å². The maximum Gasteiger partial charge on any atom is 0.273 e. The smallest absolute Gasteiger partial charge is 0.273 e. The molecule has 0 atom stereocenters. The van der Waals surface area contributed by atoms with Crippen molar-refractivity contribution in [1.82, 2.24) is 9.88 Å². The van der Waals surface area contributed by atoms with Crippen molar-refractivity contribution in [3.8, 4) is 16.3 Å². The average Bonchev–Trinajstić information content (AvgIpc) is 3.20. The first-order valence-electron chi connectivity index (χ1n) is 9.86. The first-order valence-corrected chi connectivity index (χ1v) is 12.6. The Morgan fingerprint density at radius 2 is 1.94 bits per heavy atom. The Kier molecular flexibility index (Phi) is 7.12. The molecule has 3 aromatic rings. The number of carbonyl (C=O) groups is 1. The maximum absolute atomic E-state index is 12.7. The highest BCUT2D eigenvalue weighted by Crippen LogP contribution is 2.28. The van der Waals surface area contributed by atoms with Crippen LogP contribution in [0.25, 0.3) is 10.6 Å². The van der Waals surface area contributed by atoms with E-state index in [0.29, 0.717) is 31.0 Å². The standard InChI is InChI=1S/C23H26N2O4S2/c1-16-9-10-20(17(2)13-16)22-24-21(15-30-22)23(26)25(3)11-6-12-29-18-7-5-8-19(14-18)31(4,27)28/h5,7-10,13-15H,6,11-12H2,1-4H3. The van der Waals surface area contributed by atoms with Crippen LogP contribution in [0.2, 0.25) is 0 Å². The molecule has 1 aromatic heterocycles. The molecule has 6 nitrogen and oxygen atoms in total. The molecule has 1 amide bonds. The van der Waals surface area contributed by atoms with Crippen molar-refractivity contribution in [3.05, 3.63) is 64.7 Å². The number of aromatic nitrogens is 1. The molecule has 0 aliphatic heterocycles. The lowest BCUT2D eigenvalue weighted by Crippen LogP contribution is -2.28. The molecule has 0 aliphatic rings.